The highest BCUT2D eigenvalue weighted by molar-refractivity contribution is 7.89. The fourth-order valence-corrected chi connectivity index (χ4v) is 4.44. The molecule has 1 aromatic carbocycles. The second-order valence-electron chi connectivity index (χ2n) is 5.18. The molecular weight excluding hydrogens is 283 g/mol. The molecule has 7 heteroatoms. The van der Waals surface area contributed by atoms with E-state index in [2.05, 4.69) is 5.32 Å². The van der Waals surface area contributed by atoms with E-state index in [4.69, 9.17) is 0 Å². The van der Waals surface area contributed by atoms with E-state index in [1.54, 1.807) is 13.8 Å². The first-order chi connectivity index (χ1) is 9.25. The van der Waals surface area contributed by atoms with Crippen LogP contribution in [0.5, 0.6) is 0 Å². The van der Waals surface area contributed by atoms with Gasteiger partial charge < -0.3 is 10.4 Å². The van der Waals surface area contributed by atoms with Crippen LogP contribution in [0, 0.1) is 19.7 Å². The summed E-state index contributed by atoms with van der Waals surface area (Å²) in [6.45, 7) is 3.91. The molecule has 0 amide bonds. The van der Waals surface area contributed by atoms with E-state index in [1.807, 2.05) is 0 Å². The molecule has 0 bridgehead atoms. The lowest BCUT2D eigenvalue weighted by atomic mass is 10.1. The monoisotopic (exact) mass is 302 g/mol. The molecule has 0 aliphatic carbocycles. The van der Waals surface area contributed by atoms with Crippen LogP contribution in [0.15, 0.2) is 17.0 Å². The van der Waals surface area contributed by atoms with Crippen molar-refractivity contribution in [3.05, 3.63) is 29.1 Å². The van der Waals surface area contributed by atoms with Crippen LogP contribution in [0.25, 0.3) is 0 Å². The Kier molecular flexibility index (Phi) is 4.15. The number of hydrogen-bond acceptors (Lipinski definition) is 4. The average Bonchev–Trinajstić information content (AvgIpc) is 2.72. The second kappa shape index (κ2) is 5.40. The van der Waals surface area contributed by atoms with Crippen molar-refractivity contribution < 1.29 is 17.9 Å². The Morgan fingerprint density at radius 2 is 1.85 bits per heavy atom. The van der Waals surface area contributed by atoms with Crippen molar-refractivity contribution in [2.45, 2.75) is 30.9 Å². The summed E-state index contributed by atoms with van der Waals surface area (Å²) in [5.41, 5.74) is 0.740. The molecular formula is C13H19FN2O3S. The molecule has 1 saturated heterocycles. The van der Waals surface area contributed by atoms with Crippen molar-refractivity contribution in [1.29, 1.82) is 0 Å². The van der Waals surface area contributed by atoms with Crippen LogP contribution < -0.4 is 5.32 Å². The number of nitrogens with one attached hydrogen (secondary N) is 1. The number of rotatable bonds is 3. The lowest BCUT2D eigenvalue weighted by Gasteiger charge is -2.27. The van der Waals surface area contributed by atoms with E-state index in [0.29, 0.717) is 24.2 Å². The number of likely N-dealkylation sites (N-methyl/N-ethyl adjacent to an activating group) is 1. The van der Waals surface area contributed by atoms with Crippen molar-refractivity contribution >= 4 is 10.0 Å². The number of β-amino-alcohol motifs (C(OH)–C–C–N with tert-alkyl or cyclic N) is 1. The Hall–Kier alpha value is -1.02. The summed E-state index contributed by atoms with van der Waals surface area (Å²) in [7, 11) is -2.32. The Morgan fingerprint density at radius 1 is 1.30 bits per heavy atom. The zero-order valence-electron chi connectivity index (χ0n) is 11.7. The largest absolute Gasteiger partial charge is 0.390 e. The molecule has 0 saturated carbocycles. The van der Waals surface area contributed by atoms with Crippen molar-refractivity contribution in [2.75, 3.05) is 20.1 Å². The molecule has 1 fully saturated rings. The maximum Gasteiger partial charge on any atom is 0.243 e. The highest BCUT2D eigenvalue weighted by Crippen LogP contribution is 2.26. The summed E-state index contributed by atoms with van der Waals surface area (Å²) >= 11 is 0. The fraction of sp³-hybridized carbons (Fsp3) is 0.538. The van der Waals surface area contributed by atoms with Crippen molar-refractivity contribution in [3.8, 4) is 0 Å². The number of nitrogens with zero attached hydrogens (tertiary/aromatic N) is 1. The Bertz CT molecular complexity index is 595. The van der Waals surface area contributed by atoms with Gasteiger partial charge in [0.2, 0.25) is 10.0 Å². The molecule has 1 aliphatic heterocycles. The van der Waals surface area contributed by atoms with Crippen molar-refractivity contribution in [2.24, 2.45) is 0 Å². The molecule has 0 spiro atoms. The molecule has 5 nitrogen and oxygen atoms in total. The molecule has 2 atom stereocenters. The van der Waals surface area contributed by atoms with E-state index >= 15 is 0 Å². The van der Waals surface area contributed by atoms with Gasteiger partial charge in [0.15, 0.2) is 0 Å². The normalized spacial score (nSPS) is 23.5. The third-order valence-electron chi connectivity index (χ3n) is 3.68. The van der Waals surface area contributed by atoms with Crippen LogP contribution in [-0.2, 0) is 10.0 Å². The Labute approximate surface area is 118 Å². The van der Waals surface area contributed by atoms with Gasteiger partial charge in [0.25, 0.3) is 0 Å². The summed E-state index contributed by atoms with van der Waals surface area (Å²) in [6.07, 6.45) is -0.740. The fourth-order valence-electron chi connectivity index (χ4n) is 2.65. The Morgan fingerprint density at radius 3 is 2.30 bits per heavy atom. The third-order valence-corrected chi connectivity index (χ3v) is 5.87. The molecule has 112 valence electrons. The predicted octanol–water partition coefficient (Wildman–Crippen LogP) is 0.396. The Balaban J connectivity index is 2.45. The lowest BCUT2D eigenvalue weighted by molar-refractivity contribution is 0.136. The van der Waals surface area contributed by atoms with Crippen LogP contribution in [0.1, 0.15) is 11.1 Å². The molecule has 1 aliphatic rings. The first-order valence-corrected chi connectivity index (χ1v) is 7.82. The second-order valence-corrected chi connectivity index (χ2v) is 7.12. The van der Waals surface area contributed by atoms with Gasteiger partial charge in [-0.15, -0.1) is 0 Å². The maximum absolute atomic E-state index is 13.3. The number of aryl methyl sites for hydroxylation is 2. The number of hydrogen-bond donors (Lipinski definition) is 2. The van der Waals surface area contributed by atoms with Crippen molar-refractivity contribution in [3.63, 3.8) is 0 Å². The highest BCUT2D eigenvalue weighted by Gasteiger charge is 2.36. The molecule has 1 heterocycles. The summed E-state index contributed by atoms with van der Waals surface area (Å²) in [6, 6.07) is 1.90. The predicted molar refractivity (Wildman–Crippen MR) is 73.5 cm³/mol. The number of aliphatic hydroxyl groups is 1. The molecule has 1 aromatic rings. The van der Waals surface area contributed by atoms with Crippen LogP contribution >= 0.6 is 0 Å². The molecule has 0 aromatic heterocycles. The van der Waals surface area contributed by atoms with E-state index < -0.39 is 28.0 Å². The SMILES string of the molecule is Cc1cc(F)cc(C)c1S(=O)(=O)N(C)[C@H]1CNC[C@@H]1O. The summed E-state index contributed by atoms with van der Waals surface area (Å²) in [5, 5.41) is 12.8. The molecule has 2 rings (SSSR count). The minimum Gasteiger partial charge on any atom is -0.390 e. The summed E-state index contributed by atoms with van der Waals surface area (Å²) < 4.78 is 39.8. The summed E-state index contributed by atoms with van der Waals surface area (Å²) in [4.78, 5) is 0.112. The topological polar surface area (TPSA) is 69.6 Å². The quantitative estimate of drug-likeness (QED) is 0.848. The zero-order chi connectivity index (χ0) is 15.1. The minimum atomic E-state index is -3.77. The van der Waals surface area contributed by atoms with Gasteiger partial charge in [-0.3, -0.25) is 0 Å². The van der Waals surface area contributed by atoms with Gasteiger partial charge >= 0.3 is 0 Å². The van der Waals surface area contributed by atoms with Crippen LogP contribution in [0.3, 0.4) is 0 Å². The zero-order valence-corrected chi connectivity index (χ0v) is 12.5. The van der Waals surface area contributed by atoms with Crippen molar-refractivity contribution in [1.82, 2.24) is 9.62 Å². The summed E-state index contributed by atoms with van der Waals surface area (Å²) in [5.74, 6) is -0.454. The molecule has 2 N–H and O–H groups in total. The maximum atomic E-state index is 13.3. The van der Waals surface area contributed by atoms with E-state index in [1.165, 1.54) is 23.5 Å². The van der Waals surface area contributed by atoms with Crippen LogP contribution in [0.4, 0.5) is 4.39 Å². The van der Waals surface area contributed by atoms with E-state index in [9.17, 15) is 17.9 Å². The number of aliphatic hydroxyl groups excluding tert-OH is 1. The van der Waals surface area contributed by atoms with Gasteiger partial charge in [0.1, 0.15) is 5.82 Å². The number of benzene rings is 1. The number of sulfonamides is 1. The van der Waals surface area contributed by atoms with Crippen LogP contribution in [-0.4, -0.2) is 50.1 Å². The first kappa shape index (κ1) is 15.4. The smallest absolute Gasteiger partial charge is 0.243 e. The molecule has 0 unspecified atom stereocenters. The van der Waals surface area contributed by atoms with Gasteiger partial charge in [-0.05, 0) is 37.1 Å². The van der Waals surface area contributed by atoms with Gasteiger partial charge in [-0.25, -0.2) is 12.8 Å². The van der Waals surface area contributed by atoms with E-state index in [-0.39, 0.29) is 4.90 Å². The molecule has 0 radical (unpaired) electrons. The lowest BCUT2D eigenvalue weighted by Crippen LogP contribution is -2.44. The van der Waals surface area contributed by atoms with Gasteiger partial charge in [-0.2, -0.15) is 4.31 Å². The first-order valence-electron chi connectivity index (χ1n) is 6.38. The standard InChI is InChI=1S/C13H19FN2O3S/c1-8-4-10(14)5-9(2)13(8)20(18,19)16(3)11-6-15-7-12(11)17/h4-5,11-12,15,17H,6-7H2,1-3H3/t11-,12-/m0/s1. The minimum absolute atomic E-state index is 0.112. The average molecular weight is 302 g/mol. The van der Waals surface area contributed by atoms with Crippen LogP contribution in [0.2, 0.25) is 0 Å². The highest BCUT2D eigenvalue weighted by atomic mass is 32.2. The van der Waals surface area contributed by atoms with E-state index in [0.717, 1.165) is 0 Å². The van der Waals surface area contributed by atoms with Gasteiger partial charge in [-0.1, -0.05) is 0 Å². The third kappa shape index (κ3) is 2.58. The molecule has 20 heavy (non-hydrogen) atoms. The van der Waals surface area contributed by atoms with Gasteiger partial charge in [0, 0.05) is 20.1 Å². The van der Waals surface area contributed by atoms with Gasteiger partial charge in [0.05, 0.1) is 17.0 Å². The number of halogens is 1.